The van der Waals surface area contributed by atoms with E-state index in [9.17, 15) is 8.42 Å². The average molecular weight is 317 g/mol. The van der Waals surface area contributed by atoms with E-state index in [0.717, 1.165) is 12.0 Å². The molecule has 0 bridgehead atoms. The Morgan fingerprint density at radius 2 is 1.91 bits per heavy atom. The largest absolute Gasteiger partial charge is 0.244 e. The second-order valence-electron chi connectivity index (χ2n) is 5.58. The number of allylic oxidation sites excluding steroid dienone is 1. The zero-order valence-corrected chi connectivity index (χ0v) is 14.1. The van der Waals surface area contributed by atoms with Gasteiger partial charge in [0, 0.05) is 13.0 Å². The van der Waals surface area contributed by atoms with Crippen LogP contribution in [0.2, 0.25) is 0 Å². The van der Waals surface area contributed by atoms with E-state index in [0.29, 0.717) is 17.4 Å². The summed E-state index contributed by atoms with van der Waals surface area (Å²) in [5.74, 6) is 6.53. The first-order chi connectivity index (χ1) is 10.5. The highest BCUT2D eigenvalue weighted by atomic mass is 32.2. The molecule has 0 unspecified atom stereocenters. The number of hydrogen-bond donors (Lipinski definition) is 0. The Labute approximate surface area is 134 Å². The minimum atomic E-state index is -3.50. The number of benzene rings is 1. The maximum Gasteiger partial charge on any atom is 0.244 e. The zero-order valence-electron chi connectivity index (χ0n) is 13.2. The van der Waals surface area contributed by atoms with Crippen LogP contribution in [0.4, 0.5) is 0 Å². The van der Waals surface area contributed by atoms with Gasteiger partial charge in [-0.15, -0.1) is 5.92 Å². The van der Waals surface area contributed by atoms with Crippen LogP contribution < -0.4 is 0 Å². The van der Waals surface area contributed by atoms with Crippen molar-refractivity contribution in [2.75, 3.05) is 13.1 Å². The van der Waals surface area contributed by atoms with Crippen molar-refractivity contribution in [1.29, 1.82) is 0 Å². The first-order valence-electron chi connectivity index (χ1n) is 7.73. The molecule has 0 aliphatic heterocycles. The topological polar surface area (TPSA) is 37.4 Å². The standard InChI is InChI=1S/C18H23NO2S/c1-3-4-5-14-19(15-6-7-17-10-11-17)22(20,21)18-12-8-16(2)9-13-18/h6-9,12-13,17H,3,10-11,14-15H2,1-2H3/b7-6+. The third-order valence-electron chi connectivity index (χ3n) is 3.56. The molecule has 0 amide bonds. The smallest absolute Gasteiger partial charge is 0.207 e. The second-order valence-corrected chi connectivity index (χ2v) is 7.52. The van der Waals surface area contributed by atoms with Crippen LogP contribution in [0.1, 0.15) is 31.7 Å². The average Bonchev–Trinajstić information content (AvgIpc) is 3.30. The first kappa shape index (κ1) is 16.8. The minimum absolute atomic E-state index is 0.235. The van der Waals surface area contributed by atoms with Crippen molar-refractivity contribution in [3.05, 3.63) is 42.0 Å². The molecule has 118 valence electrons. The third-order valence-corrected chi connectivity index (χ3v) is 5.38. The monoisotopic (exact) mass is 317 g/mol. The number of aryl methyl sites for hydroxylation is 1. The summed E-state index contributed by atoms with van der Waals surface area (Å²) >= 11 is 0. The molecule has 1 aliphatic carbocycles. The van der Waals surface area contributed by atoms with Gasteiger partial charge in [0.15, 0.2) is 0 Å². The van der Waals surface area contributed by atoms with Crippen molar-refractivity contribution in [2.45, 2.75) is 38.0 Å². The molecule has 1 fully saturated rings. The van der Waals surface area contributed by atoms with E-state index < -0.39 is 10.0 Å². The van der Waals surface area contributed by atoms with Gasteiger partial charge < -0.3 is 0 Å². The molecular weight excluding hydrogens is 294 g/mol. The number of nitrogens with zero attached hydrogens (tertiary/aromatic N) is 1. The summed E-state index contributed by atoms with van der Waals surface area (Å²) < 4.78 is 27.0. The van der Waals surface area contributed by atoms with Crippen LogP contribution in [0.3, 0.4) is 0 Å². The summed E-state index contributed by atoms with van der Waals surface area (Å²) in [6, 6.07) is 6.97. The van der Waals surface area contributed by atoms with Crippen molar-refractivity contribution in [2.24, 2.45) is 5.92 Å². The molecular formula is C18H23NO2S. The predicted molar refractivity (Wildman–Crippen MR) is 89.9 cm³/mol. The van der Waals surface area contributed by atoms with Crippen molar-refractivity contribution < 1.29 is 8.42 Å². The lowest BCUT2D eigenvalue weighted by atomic mass is 10.2. The summed E-state index contributed by atoms with van der Waals surface area (Å²) in [5.41, 5.74) is 1.05. The molecule has 0 aromatic heterocycles. The Hall–Kier alpha value is -1.57. The molecule has 0 atom stereocenters. The Balaban J connectivity index is 2.18. The van der Waals surface area contributed by atoms with Crippen LogP contribution in [0.15, 0.2) is 41.3 Å². The summed E-state index contributed by atoms with van der Waals surface area (Å²) in [6.07, 6.45) is 7.24. The highest BCUT2D eigenvalue weighted by Crippen LogP contribution is 2.30. The molecule has 2 rings (SSSR count). The number of sulfonamides is 1. The maximum absolute atomic E-state index is 12.8. The van der Waals surface area contributed by atoms with Gasteiger partial charge in [-0.3, -0.25) is 0 Å². The van der Waals surface area contributed by atoms with Crippen molar-refractivity contribution in [3.8, 4) is 11.8 Å². The van der Waals surface area contributed by atoms with Crippen LogP contribution in [-0.2, 0) is 10.0 Å². The molecule has 0 heterocycles. The van der Waals surface area contributed by atoms with Gasteiger partial charge in [-0.2, -0.15) is 4.31 Å². The lowest BCUT2D eigenvalue weighted by molar-refractivity contribution is 0.477. The maximum atomic E-state index is 12.8. The Morgan fingerprint density at radius 1 is 1.23 bits per heavy atom. The molecule has 0 N–H and O–H groups in total. The van der Waals surface area contributed by atoms with Crippen LogP contribution in [0, 0.1) is 24.7 Å². The third kappa shape index (κ3) is 4.72. The number of hydrogen-bond acceptors (Lipinski definition) is 2. The molecule has 0 radical (unpaired) electrons. The van der Waals surface area contributed by atoms with Crippen LogP contribution in [-0.4, -0.2) is 25.8 Å². The molecule has 3 nitrogen and oxygen atoms in total. The first-order valence-corrected chi connectivity index (χ1v) is 9.17. The van der Waals surface area contributed by atoms with Crippen molar-refractivity contribution in [3.63, 3.8) is 0 Å². The molecule has 4 heteroatoms. The molecule has 1 aromatic carbocycles. The summed E-state index contributed by atoms with van der Waals surface area (Å²) in [7, 11) is -3.50. The van der Waals surface area contributed by atoms with E-state index >= 15 is 0 Å². The second kappa shape index (κ2) is 7.62. The summed E-state index contributed by atoms with van der Waals surface area (Å²) in [4.78, 5) is 0.330. The molecule has 1 aliphatic rings. The highest BCUT2D eigenvalue weighted by Gasteiger charge is 2.23. The fraction of sp³-hybridized carbons (Fsp3) is 0.444. The summed E-state index contributed by atoms with van der Waals surface area (Å²) in [6.45, 7) is 4.52. The van der Waals surface area contributed by atoms with Gasteiger partial charge in [-0.25, -0.2) is 8.42 Å². The molecule has 1 saturated carbocycles. The van der Waals surface area contributed by atoms with E-state index in [4.69, 9.17) is 0 Å². The van der Waals surface area contributed by atoms with Gasteiger partial charge in [-0.05, 0) is 37.8 Å². The molecule has 0 saturated heterocycles. The lowest BCUT2D eigenvalue weighted by Gasteiger charge is -2.18. The number of rotatable bonds is 6. The minimum Gasteiger partial charge on any atom is -0.207 e. The summed E-state index contributed by atoms with van der Waals surface area (Å²) in [5, 5.41) is 0. The van der Waals surface area contributed by atoms with Crippen LogP contribution in [0.25, 0.3) is 0 Å². The quantitative estimate of drug-likeness (QED) is 0.596. The molecule has 1 aromatic rings. The van der Waals surface area contributed by atoms with E-state index in [1.165, 1.54) is 17.1 Å². The van der Waals surface area contributed by atoms with E-state index in [-0.39, 0.29) is 6.54 Å². The fourth-order valence-electron chi connectivity index (χ4n) is 2.04. The normalized spacial score (nSPS) is 15.0. The Bertz CT molecular complexity index is 674. The highest BCUT2D eigenvalue weighted by molar-refractivity contribution is 7.89. The van der Waals surface area contributed by atoms with Crippen molar-refractivity contribution in [1.82, 2.24) is 4.31 Å². The Morgan fingerprint density at radius 3 is 2.50 bits per heavy atom. The van der Waals surface area contributed by atoms with E-state index in [1.807, 2.05) is 32.1 Å². The zero-order chi connectivity index (χ0) is 16.0. The van der Waals surface area contributed by atoms with Crippen LogP contribution in [0.5, 0.6) is 0 Å². The van der Waals surface area contributed by atoms with E-state index in [2.05, 4.69) is 17.9 Å². The van der Waals surface area contributed by atoms with Gasteiger partial charge in [-0.1, -0.05) is 42.7 Å². The van der Waals surface area contributed by atoms with Gasteiger partial charge in [0.2, 0.25) is 10.0 Å². The van der Waals surface area contributed by atoms with Crippen LogP contribution >= 0.6 is 0 Å². The molecule has 0 spiro atoms. The lowest BCUT2D eigenvalue weighted by Crippen LogP contribution is -2.31. The van der Waals surface area contributed by atoms with Gasteiger partial charge in [0.05, 0.1) is 11.4 Å². The predicted octanol–water partition coefficient (Wildman–Crippen LogP) is 3.37. The SMILES string of the molecule is CCC#CCN(C/C=C/C1CC1)S(=O)(=O)c1ccc(C)cc1. The van der Waals surface area contributed by atoms with Crippen molar-refractivity contribution >= 4 is 10.0 Å². The molecule has 22 heavy (non-hydrogen) atoms. The Kier molecular flexibility index (Phi) is 5.82. The van der Waals surface area contributed by atoms with Gasteiger partial charge in [0.1, 0.15) is 0 Å². The fourth-order valence-corrected chi connectivity index (χ4v) is 3.33. The van der Waals surface area contributed by atoms with Gasteiger partial charge in [0.25, 0.3) is 0 Å². The van der Waals surface area contributed by atoms with Gasteiger partial charge >= 0.3 is 0 Å². The van der Waals surface area contributed by atoms with E-state index in [1.54, 1.807) is 12.1 Å².